The standard InChI is InChI=1S/C17H28FNO13/c1-5(22)19-10-6(23)2-17(16(28)29,32-14(10)11(25)7(24)3-20)31-13-9(18)15(27)30-8(4-21)12(13)26/h6-15,20-21,23-27H,2-4H2,1H3,(H,19,22)(H,28,29)/t6-,7+,8+,9+,10+,11+,12-,13+,14+,15+,17+/m0/s1. The number of carbonyl (C=O) groups excluding carboxylic acids is 1. The molecule has 14 nitrogen and oxygen atoms in total. The van der Waals surface area contributed by atoms with Crippen LogP contribution in [0.5, 0.6) is 0 Å². The SMILES string of the molecule is CC(=O)N[C@H]1[C@H]([C@H](O)[C@H](O)CO)O[C@@](O[C@H]2[C@@H](O)[C@@H](CO)O[C@@H](O)[C@@H]2F)(C(=O)O)C[C@@H]1O. The number of aliphatic hydroxyl groups is 7. The van der Waals surface area contributed by atoms with E-state index in [4.69, 9.17) is 14.6 Å². The third kappa shape index (κ3) is 5.33. The van der Waals surface area contributed by atoms with Gasteiger partial charge in [0.05, 0.1) is 25.4 Å². The van der Waals surface area contributed by atoms with Gasteiger partial charge in [-0.3, -0.25) is 4.79 Å². The highest BCUT2D eigenvalue weighted by Crippen LogP contribution is 2.37. The van der Waals surface area contributed by atoms with Gasteiger partial charge in [0, 0.05) is 13.3 Å². The van der Waals surface area contributed by atoms with Crippen LogP contribution in [0.2, 0.25) is 0 Å². The molecule has 2 aliphatic heterocycles. The van der Waals surface area contributed by atoms with E-state index in [0.717, 1.165) is 6.92 Å². The van der Waals surface area contributed by atoms with Gasteiger partial charge < -0.3 is 60.4 Å². The number of carboxylic acids is 1. The lowest BCUT2D eigenvalue weighted by Crippen LogP contribution is -2.70. The minimum absolute atomic E-state index is 0.713. The summed E-state index contributed by atoms with van der Waals surface area (Å²) in [6, 6.07) is -1.48. The molecule has 2 fully saturated rings. The van der Waals surface area contributed by atoms with Crippen molar-refractivity contribution in [3.05, 3.63) is 0 Å². The van der Waals surface area contributed by atoms with Crippen LogP contribution in [-0.2, 0) is 23.8 Å². The van der Waals surface area contributed by atoms with E-state index < -0.39 is 98.5 Å². The van der Waals surface area contributed by atoms with E-state index in [1.165, 1.54) is 0 Å². The lowest BCUT2D eigenvalue weighted by molar-refractivity contribution is -0.359. The smallest absolute Gasteiger partial charge is 0.364 e. The molecule has 2 rings (SSSR count). The van der Waals surface area contributed by atoms with E-state index in [2.05, 4.69) is 10.1 Å². The summed E-state index contributed by atoms with van der Waals surface area (Å²) in [6.45, 7) is -0.833. The van der Waals surface area contributed by atoms with Gasteiger partial charge in [0.15, 0.2) is 12.5 Å². The number of carbonyl (C=O) groups is 2. The molecule has 0 aromatic rings. The van der Waals surface area contributed by atoms with Gasteiger partial charge in [0.1, 0.15) is 36.6 Å². The van der Waals surface area contributed by atoms with Crippen molar-refractivity contribution in [2.45, 2.75) is 80.4 Å². The van der Waals surface area contributed by atoms with Crippen LogP contribution in [0.1, 0.15) is 13.3 Å². The highest BCUT2D eigenvalue weighted by molar-refractivity contribution is 5.76. The number of halogens is 1. The van der Waals surface area contributed by atoms with Crippen molar-refractivity contribution >= 4 is 11.9 Å². The zero-order valence-corrected chi connectivity index (χ0v) is 16.9. The highest BCUT2D eigenvalue weighted by Gasteiger charge is 2.59. The number of ether oxygens (including phenoxy) is 3. The largest absolute Gasteiger partial charge is 0.477 e. The van der Waals surface area contributed by atoms with Crippen LogP contribution in [0.25, 0.3) is 0 Å². The number of amides is 1. The van der Waals surface area contributed by atoms with E-state index in [1.54, 1.807) is 0 Å². The maximum Gasteiger partial charge on any atom is 0.364 e. The van der Waals surface area contributed by atoms with Crippen molar-refractivity contribution in [2.75, 3.05) is 13.2 Å². The Kier molecular flexibility index (Phi) is 8.85. The molecule has 32 heavy (non-hydrogen) atoms. The molecule has 0 aromatic heterocycles. The second-order valence-corrected chi connectivity index (χ2v) is 7.64. The maximum absolute atomic E-state index is 14.5. The molecule has 0 aromatic carbocycles. The summed E-state index contributed by atoms with van der Waals surface area (Å²) in [5.41, 5.74) is 0. The second-order valence-electron chi connectivity index (χ2n) is 7.64. The Morgan fingerprint density at radius 1 is 1.25 bits per heavy atom. The number of hydrogen-bond acceptors (Lipinski definition) is 12. The summed E-state index contributed by atoms with van der Waals surface area (Å²) in [5.74, 6) is -5.59. The predicted molar refractivity (Wildman–Crippen MR) is 96.3 cm³/mol. The lowest BCUT2D eigenvalue weighted by atomic mass is 9.88. The minimum atomic E-state index is -2.94. The molecule has 2 aliphatic rings. The normalized spacial score (nSPS) is 42.2. The topological polar surface area (TPSA) is 236 Å². The summed E-state index contributed by atoms with van der Waals surface area (Å²) >= 11 is 0. The summed E-state index contributed by atoms with van der Waals surface area (Å²) in [4.78, 5) is 23.6. The van der Waals surface area contributed by atoms with Gasteiger partial charge in [-0.25, -0.2) is 9.18 Å². The number of rotatable bonds is 8. The third-order valence-electron chi connectivity index (χ3n) is 5.31. The van der Waals surface area contributed by atoms with Crippen LogP contribution in [0, 0.1) is 0 Å². The fourth-order valence-corrected chi connectivity index (χ4v) is 3.65. The monoisotopic (exact) mass is 473 g/mol. The number of hydrogen-bond donors (Lipinski definition) is 9. The minimum Gasteiger partial charge on any atom is -0.477 e. The molecule has 2 heterocycles. The molecule has 0 bridgehead atoms. The van der Waals surface area contributed by atoms with E-state index >= 15 is 0 Å². The van der Waals surface area contributed by atoms with Gasteiger partial charge in [-0.1, -0.05) is 0 Å². The first-order valence-corrected chi connectivity index (χ1v) is 9.66. The van der Waals surface area contributed by atoms with Crippen molar-refractivity contribution in [1.29, 1.82) is 0 Å². The first kappa shape index (κ1) is 26.7. The second kappa shape index (κ2) is 10.6. The van der Waals surface area contributed by atoms with Gasteiger partial charge in [-0.2, -0.15) is 0 Å². The van der Waals surface area contributed by atoms with E-state index in [0.29, 0.717) is 0 Å². The van der Waals surface area contributed by atoms with Gasteiger partial charge in [0.25, 0.3) is 5.79 Å². The molecule has 0 unspecified atom stereocenters. The highest BCUT2D eigenvalue weighted by atomic mass is 19.1. The quantitative estimate of drug-likeness (QED) is 0.161. The first-order valence-electron chi connectivity index (χ1n) is 9.66. The molecule has 11 atom stereocenters. The Morgan fingerprint density at radius 3 is 2.38 bits per heavy atom. The molecular formula is C17H28FNO13. The lowest BCUT2D eigenvalue weighted by Gasteiger charge is -2.49. The van der Waals surface area contributed by atoms with E-state index in [-0.39, 0.29) is 0 Å². The third-order valence-corrected chi connectivity index (χ3v) is 5.31. The zero-order valence-electron chi connectivity index (χ0n) is 16.9. The van der Waals surface area contributed by atoms with Crippen LogP contribution >= 0.6 is 0 Å². The van der Waals surface area contributed by atoms with Gasteiger partial charge in [-0.05, 0) is 0 Å². The van der Waals surface area contributed by atoms with Crippen LogP contribution in [0.3, 0.4) is 0 Å². The molecule has 0 saturated carbocycles. The van der Waals surface area contributed by atoms with Crippen LogP contribution in [-0.4, -0.2) is 133 Å². The molecular weight excluding hydrogens is 445 g/mol. The summed E-state index contributed by atoms with van der Waals surface area (Å²) in [5, 5.41) is 80.9. The molecule has 1 amide bonds. The van der Waals surface area contributed by atoms with Crippen molar-refractivity contribution in [2.24, 2.45) is 0 Å². The fourth-order valence-electron chi connectivity index (χ4n) is 3.65. The zero-order chi connectivity index (χ0) is 24.4. The van der Waals surface area contributed by atoms with Gasteiger partial charge >= 0.3 is 5.97 Å². The Bertz CT molecular complexity index is 670. The Hall–Kier alpha value is -1.53. The van der Waals surface area contributed by atoms with Crippen molar-refractivity contribution < 1.29 is 69.0 Å². The maximum atomic E-state index is 14.5. The molecule has 2 saturated heterocycles. The Morgan fingerprint density at radius 2 is 1.88 bits per heavy atom. The molecule has 0 spiro atoms. The number of nitrogens with one attached hydrogen (secondary N) is 1. The first-order chi connectivity index (χ1) is 14.9. The van der Waals surface area contributed by atoms with Crippen LogP contribution < -0.4 is 5.32 Å². The Balaban J connectivity index is 2.42. The molecule has 186 valence electrons. The summed E-state index contributed by atoms with van der Waals surface area (Å²) in [6.07, 6.45) is -18.9. The fraction of sp³-hybridized carbons (Fsp3) is 0.882. The van der Waals surface area contributed by atoms with E-state index in [1.807, 2.05) is 0 Å². The average Bonchev–Trinajstić information content (AvgIpc) is 2.73. The molecule has 15 heteroatoms. The molecule has 0 radical (unpaired) electrons. The van der Waals surface area contributed by atoms with Crippen molar-refractivity contribution in [3.8, 4) is 0 Å². The molecule has 0 aliphatic carbocycles. The number of aliphatic hydroxyl groups excluding tert-OH is 7. The van der Waals surface area contributed by atoms with E-state index in [9.17, 15) is 49.7 Å². The predicted octanol–water partition coefficient (Wildman–Crippen LogP) is -5.07. The average molecular weight is 473 g/mol. The number of aliphatic carboxylic acids is 1. The van der Waals surface area contributed by atoms with Crippen LogP contribution in [0.4, 0.5) is 4.39 Å². The number of carboxylic acid groups (broad SMARTS) is 1. The Labute approximate surface area is 180 Å². The molecule has 9 N–H and O–H groups in total. The summed E-state index contributed by atoms with van der Waals surface area (Å²) in [7, 11) is 0. The van der Waals surface area contributed by atoms with Gasteiger partial charge in [-0.15, -0.1) is 0 Å². The van der Waals surface area contributed by atoms with Gasteiger partial charge in [0.2, 0.25) is 5.91 Å². The van der Waals surface area contributed by atoms with Crippen molar-refractivity contribution in [3.63, 3.8) is 0 Å². The van der Waals surface area contributed by atoms with Crippen molar-refractivity contribution in [1.82, 2.24) is 5.32 Å². The van der Waals surface area contributed by atoms with Crippen LogP contribution in [0.15, 0.2) is 0 Å². The summed E-state index contributed by atoms with van der Waals surface area (Å²) < 4.78 is 29.7. The number of alkyl halides is 1.